The summed E-state index contributed by atoms with van der Waals surface area (Å²) in [5.74, 6) is 1.82. The van der Waals surface area contributed by atoms with E-state index in [4.69, 9.17) is 0 Å². The Kier molecular flexibility index (Phi) is 14.0. The molecule has 0 N–H and O–H groups in total. The van der Waals surface area contributed by atoms with Crippen LogP contribution in [0.15, 0.2) is 36.0 Å². The van der Waals surface area contributed by atoms with Gasteiger partial charge in [0, 0.05) is 19.3 Å². The normalized spacial score (nSPS) is 18.4. The molecule has 25 heavy (non-hydrogen) atoms. The van der Waals surface area contributed by atoms with Gasteiger partial charge >= 0.3 is 0 Å². The number of hydrogen-bond acceptors (Lipinski definition) is 2. The average Bonchev–Trinajstić information content (AvgIpc) is 2.89. The lowest BCUT2D eigenvalue weighted by molar-refractivity contribution is -0.119. The molecule has 0 saturated heterocycles. The number of ketones is 2. The van der Waals surface area contributed by atoms with E-state index >= 15 is 0 Å². The van der Waals surface area contributed by atoms with Gasteiger partial charge in [-0.1, -0.05) is 64.5 Å². The standard InChI is InChI=1S/C15H22O2.C8H16/c1-3-14(16)9-7-5-4-6-8-13-10-12(2)11-15(13)17;1-4-6-8(3)7-5-2/h4,6,10,12H,3,5,7-9,11H2,1-2H3;4,6,8H,5,7H2,1-3H3/b6-4-;6-4+/t12-;/m0./s1. The molecule has 2 nitrogen and oxygen atoms in total. The van der Waals surface area contributed by atoms with Gasteiger partial charge in [0.2, 0.25) is 0 Å². The van der Waals surface area contributed by atoms with Crippen molar-refractivity contribution < 1.29 is 9.59 Å². The molecule has 0 saturated carbocycles. The van der Waals surface area contributed by atoms with E-state index in [0.29, 0.717) is 36.7 Å². The van der Waals surface area contributed by atoms with Crippen LogP contribution in [0.1, 0.15) is 86.0 Å². The van der Waals surface area contributed by atoms with E-state index in [1.807, 2.05) is 6.92 Å². The van der Waals surface area contributed by atoms with Crippen LogP contribution < -0.4 is 0 Å². The maximum atomic E-state index is 11.5. The third-order valence-electron chi connectivity index (χ3n) is 4.34. The molecule has 0 radical (unpaired) electrons. The number of hydrogen-bond donors (Lipinski definition) is 0. The van der Waals surface area contributed by atoms with Crippen LogP contribution in [0.5, 0.6) is 0 Å². The largest absolute Gasteiger partial charge is 0.300 e. The summed E-state index contributed by atoms with van der Waals surface area (Å²) in [5.41, 5.74) is 0.957. The van der Waals surface area contributed by atoms with Crippen LogP contribution in [0, 0.1) is 11.8 Å². The van der Waals surface area contributed by atoms with E-state index in [1.165, 1.54) is 12.8 Å². The maximum absolute atomic E-state index is 11.5. The molecule has 0 aromatic carbocycles. The zero-order chi connectivity index (χ0) is 19.1. The summed E-state index contributed by atoms with van der Waals surface area (Å²) in [6.07, 6.45) is 17.8. The molecule has 0 bridgehead atoms. The quantitative estimate of drug-likeness (QED) is 0.329. The van der Waals surface area contributed by atoms with Crippen molar-refractivity contribution in [1.29, 1.82) is 0 Å². The molecule has 1 unspecified atom stereocenters. The minimum absolute atomic E-state index is 0.295. The lowest BCUT2D eigenvalue weighted by atomic mass is 10.1. The highest BCUT2D eigenvalue weighted by Gasteiger charge is 2.18. The number of carbonyl (C=O) groups excluding carboxylic acids is 2. The SMILES string of the molecule is C/C=C/C(C)CCC.CCC(=O)CCC/C=C\CC1=C[C@H](C)CC1=O. The molecule has 0 aromatic rings. The van der Waals surface area contributed by atoms with Crippen LogP contribution in [-0.4, -0.2) is 11.6 Å². The highest BCUT2D eigenvalue weighted by molar-refractivity contribution is 5.98. The summed E-state index contributed by atoms with van der Waals surface area (Å²) in [5, 5.41) is 0. The predicted molar refractivity (Wildman–Crippen MR) is 109 cm³/mol. The first-order valence-electron chi connectivity index (χ1n) is 9.97. The van der Waals surface area contributed by atoms with Crippen molar-refractivity contribution in [2.45, 2.75) is 86.0 Å². The zero-order valence-corrected chi connectivity index (χ0v) is 17.0. The minimum atomic E-state index is 0.295. The molecule has 0 fully saturated rings. The Morgan fingerprint density at radius 2 is 2.04 bits per heavy atom. The Labute approximate surface area is 155 Å². The van der Waals surface area contributed by atoms with Crippen LogP contribution in [0.2, 0.25) is 0 Å². The molecule has 0 amide bonds. The highest BCUT2D eigenvalue weighted by Crippen LogP contribution is 2.22. The Hall–Kier alpha value is -1.44. The molecule has 142 valence electrons. The minimum Gasteiger partial charge on any atom is -0.300 e. The van der Waals surface area contributed by atoms with Gasteiger partial charge in [-0.15, -0.1) is 0 Å². The van der Waals surface area contributed by atoms with E-state index in [9.17, 15) is 9.59 Å². The van der Waals surface area contributed by atoms with Crippen LogP contribution in [-0.2, 0) is 9.59 Å². The number of rotatable bonds is 10. The second kappa shape index (κ2) is 14.9. The summed E-state index contributed by atoms with van der Waals surface area (Å²) in [7, 11) is 0. The van der Waals surface area contributed by atoms with Crippen molar-refractivity contribution in [1.82, 2.24) is 0 Å². The molecule has 1 aliphatic rings. The van der Waals surface area contributed by atoms with Crippen LogP contribution in [0.3, 0.4) is 0 Å². The van der Waals surface area contributed by atoms with Crippen LogP contribution in [0.25, 0.3) is 0 Å². The van der Waals surface area contributed by atoms with E-state index in [2.05, 4.69) is 58.1 Å². The van der Waals surface area contributed by atoms with Crippen molar-refractivity contribution in [3.63, 3.8) is 0 Å². The smallest absolute Gasteiger partial charge is 0.159 e. The fraction of sp³-hybridized carbons (Fsp3) is 0.652. The summed E-state index contributed by atoms with van der Waals surface area (Å²) in [4.78, 5) is 22.5. The molecule has 2 heteroatoms. The highest BCUT2D eigenvalue weighted by atomic mass is 16.1. The number of carbonyl (C=O) groups is 2. The first-order chi connectivity index (χ1) is 11.9. The van der Waals surface area contributed by atoms with E-state index in [1.54, 1.807) is 0 Å². The van der Waals surface area contributed by atoms with Crippen molar-refractivity contribution in [3.8, 4) is 0 Å². The van der Waals surface area contributed by atoms with Gasteiger partial charge in [0.1, 0.15) is 5.78 Å². The second-order valence-corrected chi connectivity index (χ2v) is 7.05. The fourth-order valence-corrected chi connectivity index (χ4v) is 2.90. The first kappa shape index (κ1) is 23.6. The molecule has 2 atom stereocenters. The van der Waals surface area contributed by atoms with Gasteiger partial charge in [-0.3, -0.25) is 9.59 Å². The van der Waals surface area contributed by atoms with Gasteiger partial charge in [-0.05, 0) is 50.0 Å². The molecular formula is C23H38O2. The third kappa shape index (κ3) is 12.6. The molecule has 0 heterocycles. The molecule has 1 aliphatic carbocycles. The van der Waals surface area contributed by atoms with E-state index < -0.39 is 0 Å². The number of allylic oxidation sites excluding steroid dienone is 6. The fourth-order valence-electron chi connectivity index (χ4n) is 2.90. The Balaban J connectivity index is 0.000000609. The Morgan fingerprint density at radius 3 is 2.56 bits per heavy atom. The lowest BCUT2D eigenvalue weighted by Gasteiger charge is -1.99. The van der Waals surface area contributed by atoms with Crippen molar-refractivity contribution in [2.24, 2.45) is 11.8 Å². The third-order valence-corrected chi connectivity index (χ3v) is 4.34. The molecule has 0 aliphatic heterocycles. The Morgan fingerprint density at radius 1 is 1.32 bits per heavy atom. The van der Waals surface area contributed by atoms with Gasteiger partial charge in [0.15, 0.2) is 5.78 Å². The van der Waals surface area contributed by atoms with Gasteiger partial charge in [0.05, 0.1) is 0 Å². The summed E-state index contributed by atoms with van der Waals surface area (Å²) in [6, 6.07) is 0. The maximum Gasteiger partial charge on any atom is 0.159 e. The zero-order valence-electron chi connectivity index (χ0n) is 17.0. The average molecular weight is 347 g/mol. The molecule has 0 spiro atoms. The van der Waals surface area contributed by atoms with E-state index in [-0.39, 0.29) is 0 Å². The van der Waals surface area contributed by atoms with Gasteiger partial charge in [0.25, 0.3) is 0 Å². The summed E-state index contributed by atoms with van der Waals surface area (Å²) < 4.78 is 0. The molecule has 0 aromatic heterocycles. The Bertz CT molecular complexity index is 468. The first-order valence-corrected chi connectivity index (χ1v) is 9.97. The molecule has 1 rings (SSSR count). The van der Waals surface area contributed by atoms with Gasteiger partial charge in [-0.2, -0.15) is 0 Å². The molecular weight excluding hydrogens is 308 g/mol. The van der Waals surface area contributed by atoms with Crippen molar-refractivity contribution in [3.05, 3.63) is 36.0 Å². The second-order valence-electron chi connectivity index (χ2n) is 7.05. The predicted octanol–water partition coefficient (Wildman–Crippen LogP) is 6.62. The van der Waals surface area contributed by atoms with Crippen LogP contribution in [0.4, 0.5) is 0 Å². The lowest BCUT2D eigenvalue weighted by Crippen LogP contribution is -1.95. The van der Waals surface area contributed by atoms with Gasteiger partial charge < -0.3 is 0 Å². The number of unbranched alkanes of at least 4 members (excludes halogenated alkanes) is 1. The monoisotopic (exact) mass is 346 g/mol. The van der Waals surface area contributed by atoms with E-state index in [0.717, 1.165) is 30.8 Å². The van der Waals surface area contributed by atoms with Crippen LogP contribution >= 0.6 is 0 Å². The van der Waals surface area contributed by atoms with Gasteiger partial charge in [-0.25, -0.2) is 0 Å². The summed E-state index contributed by atoms with van der Waals surface area (Å²) in [6.45, 7) is 10.5. The van der Waals surface area contributed by atoms with Crippen molar-refractivity contribution in [2.75, 3.05) is 0 Å². The summed E-state index contributed by atoms with van der Waals surface area (Å²) >= 11 is 0. The number of Topliss-reactive ketones (excluding diaryl/α,β-unsaturated/α-hetero) is 2. The topological polar surface area (TPSA) is 34.1 Å². The van der Waals surface area contributed by atoms with Crippen molar-refractivity contribution >= 4 is 11.6 Å².